The van der Waals surface area contributed by atoms with Gasteiger partial charge in [0.15, 0.2) is 0 Å². The van der Waals surface area contributed by atoms with Gasteiger partial charge in [-0.15, -0.1) is 0 Å². The Bertz CT molecular complexity index is 1730. The van der Waals surface area contributed by atoms with Crippen LogP contribution in [-0.2, 0) is 19.1 Å². The van der Waals surface area contributed by atoms with Crippen molar-refractivity contribution >= 4 is 101 Å². The number of carbonyl (C=O) groups excluding carboxylic acids is 2. The smallest absolute Gasteiger partial charge is 0.305 e. The molecule has 3 aromatic rings. The largest absolute Gasteiger partial charge is 0.469 e. The first kappa shape index (κ1) is 30.5. The molecule has 0 radical (unpaired) electrons. The Morgan fingerprint density at radius 2 is 1.05 bits per heavy atom. The van der Waals surface area contributed by atoms with Gasteiger partial charge in [0.1, 0.15) is 0 Å². The number of H-pyrrole nitrogens is 2. The lowest BCUT2D eigenvalue weighted by molar-refractivity contribution is -0.141. The summed E-state index contributed by atoms with van der Waals surface area (Å²) in [4.78, 5) is 41.5. The monoisotopic (exact) mass is 790 g/mol. The highest BCUT2D eigenvalue weighted by Gasteiger charge is 2.23. The summed E-state index contributed by atoms with van der Waals surface area (Å²) < 4.78 is 12.1. The molecule has 5 rings (SSSR count). The number of ether oxygens (including phenoxy) is 2. The maximum atomic E-state index is 12.1. The minimum Gasteiger partial charge on any atom is -0.469 e. The molecular formula is C32H32I2N4O4. The summed E-state index contributed by atoms with van der Waals surface area (Å²) in [7, 11) is 2.80. The topological polar surface area (TPSA) is 110 Å². The number of allylic oxidation sites excluding steroid dienone is 4. The van der Waals surface area contributed by atoms with E-state index in [0.717, 1.165) is 85.4 Å². The molecule has 5 heterocycles. The van der Waals surface area contributed by atoms with Crippen molar-refractivity contribution < 1.29 is 19.1 Å². The number of rotatable bonds is 6. The number of aromatic nitrogens is 4. The quantitative estimate of drug-likeness (QED) is 0.194. The van der Waals surface area contributed by atoms with Gasteiger partial charge in [-0.3, -0.25) is 9.59 Å². The van der Waals surface area contributed by atoms with E-state index in [4.69, 9.17) is 19.4 Å². The Hall–Kier alpha value is -3.00. The summed E-state index contributed by atoms with van der Waals surface area (Å²) in [5.74, 6) is -0.540. The molecule has 10 heteroatoms. The lowest BCUT2D eigenvalue weighted by atomic mass is 9.98. The molecule has 2 aliphatic heterocycles. The highest BCUT2D eigenvalue weighted by Crippen LogP contribution is 2.38. The van der Waals surface area contributed by atoms with E-state index in [-0.39, 0.29) is 24.8 Å². The average molecular weight is 790 g/mol. The maximum Gasteiger partial charge on any atom is 0.305 e. The number of halogens is 2. The van der Waals surface area contributed by atoms with Gasteiger partial charge in [-0.05, 0) is 143 Å². The van der Waals surface area contributed by atoms with Crippen molar-refractivity contribution in [2.75, 3.05) is 14.2 Å². The predicted octanol–water partition coefficient (Wildman–Crippen LogP) is 7.91. The number of esters is 2. The van der Waals surface area contributed by atoms with Gasteiger partial charge < -0.3 is 19.4 Å². The third kappa shape index (κ3) is 5.79. The SMILES string of the molecule is COC(=O)CCC1=C(C)c2cc3[nH]c(cc4[nH]c(cc5nc(cc1n2)C(CCC(=O)OC)=C5C)c(I)c4C)c(I)c3C. The van der Waals surface area contributed by atoms with Crippen molar-refractivity contribution in [3.63, 3.8) is 0 Å². The van der Waals surface area contributed by atoms with Gasteiger partial charge in [-0.1, -0.05) is 0 Å². The molecule has 0 aliphatic carbocycles. The van der Waals surface area contributed by atoms with Crippen molar-refractivity contribution in [2.24, 2.45) is 0 Å². The average Bonchev–Trinajstić information content (AvgIpc) is 3.61. The zero-order valence-corrected chi connectivity index (χ0v) is 28.7. The van der Waals surface area contributed by atoms with Crippen LogP contribution in [0.5, 0.6) is 0 Å². The number of fused-ring (bicyclic) bond motifs is 8. The van der Waals surface area contributed by atoms with E-state index in [2.05, 4.69) is 87.2 Å². The highest BCUT2D eigenvalue weighted by atomic mass is 127. The van der Waals surface area contributed by atoms with Crippen LogP contribution < -0.4 is 0 Å². The fraction of sp³-hybridized carbons (Fsp3) is 0.312. The maximum absolute atomic E-state index is 12.1. The second-order valence-corrected chi connectivity index (χ2v) is 12.6. The van der Waals surface area contributed by atoms with Gasteiger partial charge in [0.2, 0.25) is 0 Å². The molecular weight excluding hydrogens is 758 g/mol. The fourth-order valence-electron chi connectivity index (χ4n) is 5.33. The van der Waals surface area contributed by atoms with Crippen LogP contribution in [0.25, 0.3) is 44.4 Å². The van der Waals surface area contributed by atoms with Crippen LogP contribution in [0.15, 0.2) is 24.3 Å². The summed E-state index contributed by atoms with van der Waals surface area (Å²) in [6.07, 6.45) is 1.47. The molecule has 0 saturated carbocycles. The summed E-state index contributed by atoms with van der Waals surface area (Å²) in [5.41, 5.74) is 13.5. The molecule has 8 bridgehead atoms. The second-order valence-electron chi connectivity index (χ2n) is 10.5. The number of carbonyl (C=O) groups is 2. The lowest BCUT2D eigenvalue weighted by Crippen LogP contribution is -2.01. The summed E-state index contributed by atoms with van der Waals surface area (Å²) in [6.45, 7) is 8.31. The Labute approximate surface area is 271 Å². The van der Waals surface area contributed by atoms with E-state index in [1.165, 1.54) is 14.2 Å². The molecule has 2 aliphatic rings. The molecule has 0 spiro atoms. The Morgan fingerprint density at radius 3 is 1.50 bits per heavy atom. The van der Waals surface area contributed by atoms with Gasteiger partial charge in [0, 0.05) is 31.0 Å². The number of hydrogen-bond donors (Lipinski definition) is 2. The predicted molar refractivity (Wildman–Crippen MR) is 183 cm³/mol. The van der Waals surface area contributed by atoms with Crippen LogP contribution in [0.2, 0.25) is 0 Å². The van der Waals surface area contributed by atoms with Gasteiger partial charge >= 0.3 is 11.9 Å². The molecule has 218 valence electrons. The first-order valence-electron chi connectivity index (χ1n) is 13.6. The summed E-state index contributed by atoms with van der Waals surface area (Å²) in [5, 5.41) is 0. The highest BCUT2D eigenvalue weighted by molar-refractivity contribution is 14.1. The molecule has 0 unspecified atom stereocenters. The Morgan fingerprint density at radius 1 is 0.643 bits per heavy atom. The van der Waals surface area contributed by atoms with Crippen molar-refractivity contribution in [3.05, 3.63) is 65.3 Å². The van der Waals surface area contributed by atoms with E-state index in [9.17, 15) is 9.59 Å². The number of hydrogen-bond acceptors (Lipinski definition) is 6. The third-order valence-electron chi connectivity index (χ3n) is 7.99. The molecule has 0 fully saturated rings. The molecule has 42 heavy (non-hydrogen) atoms. The molecule has 2 N–H and O–H groups in total. The number of methoxy groups -OCH3 is 2. The summed E-state index contributed by atoms with van der Waals surface area (Å²) in [6, 6.07) is 8.29. The molecule has 0 aromatic carbocycles. The van der Waals surface area contributed by atoms with Crippen molar-refractivity contribution in [1.82, 2.24) is 19.9 Å². The van der Waals surface area contributed by atoms with E-state index in [1.54, 1.807) is 0 Å². The van der Waals surface area contributed by atoms with E-state index < -0.39 is 0 Å². The lowest BCUT2D eigenvalue weighted by Gasteiger charge is -2.06. The number of nitrogens with one attached hydrogen (secondary N) is 2. The van der Waals surface area contributed by atoms with E-state index >= 15 is 0 Å². The van der Waals surface area contributed by atoms with Gasteiger partial charge in [-0.25, -0.2) is 9.97 Å². The van der Waals surface area contributed by atoms with Crippen molar-refractivity contribution in [1.29, 1.82) is 0 Å². The Balaban J connectivity index is 1.85. The molecule has 0 amide bonds. The van der Waals surface area contributed by atoms with Crippen LogP contribution in [0.1, 0.15) is 73.4 Å². The first-order valence-corrected chi connectivity index (χ1v) is 15.8. The molecule has 3 aromatic heterocycles. The molecule has 0 saturated heterocycles. The van der Waals surface area contributed by atoms with Crippen LogP contribution in [0.4, 0.5) is 0 Å². The standard InChI is InChI=1S/C32H32I2N4O4/c1-15-19(7-9-29(39)41-5)25-14-26-20(8-10-30(40)42-6)16(2)22(36-26)12-27-32(34)18(4)24(38-27)13-28-31(33)17(3)23(37-28)11-21(15)35-25/h11-14,37-38H,7-10H2,1-6H3. The normalized spacial score (nSPS) is 13.1. The number of aromatic amines is 2. The van der Waals surface area contributed by atoms with Crippen molar-refractivity contribution in [2.45, 2.75) is 53.4 Å². The van der Waals surface area contributed by atoms with Crippen LogP contribution in [0, 0.1) is 21.0 Å². The van der Waals surface area contributed by atoms with Gasteiger partial charge in [0.25, 0.3) is 0 Å². The van der Waals surface area contributed by atoms with Crippen LogP contribution in [0.3, 0.4) is 0 Å². The van der Waals surface area contributed by atoms with E-state index in [1.807, 2.05) is 19.9 Å². The molecule has 8 nitrogen and oxygen atoms in total. The van der Waals surface area contributed by atoms with E-state index in [0.29, 0.717) is 12.8 Å². The summed E-state index contributed by atoms with van der Waals surface area (Å²) >= 11 is 4.77. The third-order valence-corrected chi connectivity index (χ3v) is 10.8. The Kier molecular flexibility index (Phi) is 8.93. The minimum atomic E-state index is -0.270. The zero-order valence-electron chi connectivity index (χ0n) is 24.4. The van der Waals surface area contributed by atoms with Crippen LogP contribution >= 0.6 is 45.2 Å². The fourth-order valence-corrected chi connectivity index (χ4v) is 6.49. The van der Waals surface area contributed by atoms with Crippen LogP contribution in [-0.4, -0.2) is 46.1 Å². The van der Waals surface area contributed by atoms with Crippen molar-refractivity contribution in [3.8, 4) is 0 Å². The number of nitrogens with zero attached hydrogens (tertiary/aromatic N) is 2. The van der Waals surface area contributed by atoms with Gasteiger partial charge in [0.05, 0.1) is 48.0 Å². The molecule has 0 atom stereocenters. The first-order chi connectivity index (χ1) is 20.0. The minimum absolute atomic E-state index is 0.246. The second kappa shape index (κ2) is 12.3. The van der Waals surface area contributed by atoms with Gasteiger partial charge in [-0.2, -0.15) is 0 Å². The zero-order chi connectivity index (χ0) is 30.3. The number of aryl methyl sites for hydroxylation is 2.